The first-order chi connectivity index (χ1) is 7.40. The summed E-state index contributed by atoms with van der Waals surface area (Å²) < 4.78 is 5.23. The molecule has 76 valence electrons. The molecule has 0 amide bonds. The molecule has 0 saturated heterocycles. The molecule has 1 aliphatic carbocycles. The van der Waals surface area contributed by atoms with Gasteiger partial charge in [-0.05, 0) is 25.0 Å². The van der Waals surface area contributed by atoms with Crippen LogP contribution in [0.5, 0.6) is 0 Å². The van der Waals surface area contributed by atoms with Crippen LogP contribution in [0.25, 0.3) is 11.5 Å². The lowest BCUT2D eigenvalue weighted by Crippen LogP contribution is -1.87. The van der Waals surface area contributed by atoms with Gasteiger partial charge in [0, 0.05) is 11.6 Å². The first kappa shape index (κ1) is 8.47. The van der Waals surface area contributed by atoms with E-state index < -0.39 is 0 Å². The second-order valence-electron chi connectivity index (χ2n) is 3.77. The van der Waals surface area contributed by atoms with E-state index in [1.54, 1.807) is 18.4 Å². The van der Waals surface area contributed by atoms with Crippen molar-refractivity contribution in [3.63, 3.8) is 0 Å². The number of carbonyl (C=O) groups is 1. The highest BCUT2D eigenvalue weighted by atomic mass is 16.3. The summed E-state index contributed by atoms with van der Waals surface area (Å²) in [7, 11) is 0. The van der Waals surface area contributed by atoms with Gasteiger partial charge in [-0.3, -0.25) is 9.89 Å². The lowest BCUT2D eigenvalue weighted by Gasteiger charge is -1.93. The van der Waals surface area contributed by atoms with Crippen LogP contribution in [-0.4, -0.2) is 16.5 Å². The standard InChI is InChI=1S/C11H10N2O2/c14-6-8-10(7-3-4-7)12-13-11(8)9-2-1-5-15-9/h1-2,5-7H,3-4H2,(H,12,13). The molecule has 0 bridgehead atoms. The van der Waals surface area contributed by atoms with Crippen molar-refractivity contribution in [3.8, 4) is 11.5 Å². The lowest BCUT2D eigenvalue weighted by molar-refractivity contribution is 0.112. The fraction of sp³-hybridized carbons (Fsp3) is 0.273. The Labute approximate surface area is 86.3 Å². The van der Waals surface area contributed by atoms with Crippen molar-refractivity contribution in [3.05, 3.63) is 29.7 Å². The molecule has 0 aromatic carbocycles. The second kappa shape index (κ2) is 3.08. The van der Waals surface area contributed by atoms with Gasteiger partial charge in [-0.15, -0.1) is 0 Å². The van der Waals surface area contributed by atoms with Crippen LogP contribution >= 0.6 is 0 Å². The Morgan fingerprint density at radius 2 is 2.40 bits per heavy atom. The Bertz CT molecular complexity index is 481. The Kier molecular flexibility index (Phi) is 1.74. The Hall–Kier alpha value is -1.84. The number of H-pyrrole nitrogens is 1. The molecule has 0 atom stereocenters. The van der Waals surface area contributed by atoms with Gasteiger partial charge in [0.15, 0.2) is 12.0 Å². The van der Waals surface area contributed by atoms with E-state index in [-0.39, 0.29) is 0 Å². The molecule has 15 heavy (non-hydrogen) atoms. The minimum atomic E-state index is 0.487. The van der Waals surface area contributed by atoms with Gasteiger partial charge in [-0.25, -0.2) is 0 Å². The lowest BCUT2D eigenvalue weighted by atomic mass is 10.1. The number of nitrogens with one attached hydrogen (secondary N) is 1. The number of hydrogen-bond donors (Lipinski definition) is 1. The van der Waals surface area contributed by atoms with Crippen molar-refractivity contribution in [2.75, 3.05) is 0 Å². The number of aromatic amines is 1. The number of aldehydes is 1. The van der Waals surface area contributed by atoms with Crippen LogP contribution in [0.1, 0.15) is 34.8 Å². The molecule has 0 radical (unpaired) electrons. The molecular weight excluding hydrogens is 192 g/mol. The van der Waals surface area contributed by atoms with E-state index >= 15 is 0 Å². The molecule has 4 heteroatoms. The minimum absolute atomic E-state index is 0.487. The highest BCUT2D eigenvalue weighted by molar-refractivity contribution is 5.86. The summed E-state index contributed by atoms with van der Waals surface area (Å²) in [5.41, 5.74) is 2.22. The second-order valence-corrected chi connectivity index (χ2v) is 3.77. The zero-order valence-corrected chi connectivity index (χ0v) is 8.06. The van der Waals surface area contributed by atoms with Crippen molar-refractivity contribution in [1.29, 1.82) is 0 Å². The van der Waals surface area contributed by atoms with Gasteiger partial charge in [0.25, 0.3) is 0 Å². The molecular formula is C11H10N2O2. The summed E-state index contributed by atoms with van der Waals surface area (Å²) in [5.74, 6) is 1.13. The monoisotopic (exact) mass is 202 g/mol. The number of nitrogens with zero attached hydrogens (tertiary/aromatic N) is 1. The maximum Gasteiger partial charge on any atom is 0.154 e. The third kappa shape index (κ3) is 1.29. The molecule has 3 rings (SSSR count). The van der Waals surface area contributed by atoms with Crippen molar-refractivity contribution < 1.29 is 9.21 Å². The summed E-state index contributed by atoms with van der Waals surface area (Å²) in [6.45, 7) is 0. The highest BCUT2D eigenvalue weighted by Crippen LogP contribution is 2.42. The molecule has 1 fully saturated rings. The summed E-state index contributed by atoms with van der Waals surface area (Å²) in [5, 5.41) is 7.07. The fourth-order valence-corrected chi connectivity index (χ4v) is 1.77. The van der Waals surface area contributed by atoms with Crippen LogP contribution in [0.3, 0.4) is 0 Å². The third-order valence-electron chi connectivity index (χ3n) is 2.69. The molecule has 2 heterocycles. The topological polar surface area (TPSA) is 58.9 Å². The smallest absolute Gasteiger partial charge is 0.154 e. The molecule has 1 aliphatic rings. The SMILES string of the molecule is O=Cc1c(-c2ccco2)n[nH]c1C1CC1. The van der Waals surface area contributed by atoms with Gasteiger partial charge in [-0.1, -0.05) is 0 Å². The van der Waals surface area contributed by atoms with Crippen molar-refractivity contribution in [2.24, 2.45) is 0 Å². The van der Waals surface area contributed by atoms with Crippen LogP contribution in [0.15, 0.2) is 22.8 Å². The van der Waals surface area contributed by atoms with Gasteiger partial charge in [-0.2, -0.15) is 5.10 Å². The molecule has 0 aliphatic heterocycles. The Morgan fingerprint density at radius 3 is 3.00 bits per heavy atom. The van der Waals surface area contributed by atoms with Gasteiger partial charge in [0.2, 0.25) is 0 Å². The fourth-order valence-electron chi connectivity index (χ4n) is 1.77. The summed E-state index contributed by atoms with van der Waals surface area (Å²) >= 11 is 0. The number of aromatic nitrogens is 2. The predicted octanol–water partition coefficient (Wildman–Crippen LogP) is 2.36. The van der Waals surface area contributed by atoms with E-state index in [1.807, 2.05) is 0 Å². The molecule has 0 unspecified atom stereocenters. The van der Waals surface area contributed by atoms with Gasteiger partial charge < -0.3 is 4.42 Å². The average molecular weight is 202 g/mol. The van der Waals surface area contributed by atoms with Crippen LogP contribution < -0.4 is 0 Å². The number of hydrogen-bond acceptors (Lipinski definition) is 3. The van der Waals surface area contributed by atoms with E-state index in [9.17, 15) is 4.79 Å². The normalized spacial score (nSPS) is 15.5. The van der Waals surface area contributed by atoms with Crippen molar-refractivity contribution >= 4 is 6.29 Å². The summed E-state index contributed by atoms with van der Waals surface area (Å²) in [6, 6.07) is 3.59. The molecule has 1 saturated carbocycles. The van der Waals surface area contributed by atoms with Gasteiger partial charge >= 0.3 is 0 Å². The molecule has 1 N–H and O–H groups in total. The molecule has 4 nitrogen and oxygen atoms in total. The van der Waals surface area contributed by atoms with E-state index in [1.165, 1.54) is 0 Å². The molecule has 2 aromatic rings. The zero-order valence-electron chi connectivity index (χ0n) is 8.06. The Balaban J connectivity index is 2.11. The number of rotatable bonds is 3. The first-order valence-corrected chi connectivity index (χ1v) is 4.97. The number of carbonyl (C=O) groups excluding carboxylic acids is 1. The maximum absolute atomic E-state index is 11.0. The van der Waals surface area contributed by atoms with Gasteiger partial charge in [0.05, 0.1) is 11.8 Å². The molecule has 0 spiro atoms. The average Bonchev–Trinajstić information content (AvgIpc) is 2.83. The quantitative estimate of drug-likeness (QED) is 0.777. The first-order valence-electron chi connectivity index (χ1n) is 4.97. The number of furan rings is 1. The predicted molar refractivity (Wildman–Crippen MR) is 53.7 cm³/mol. The van der Waals surface area contributed by atoms with Crippen molar-refractivity contribution in [2.45, 2.75) is 18.8 Å². The van der Waals surface area contributed by atoms with E-state index in [0.29, 0.717) is 22.9 Å². The Morgan fingerprint density at radius 1 is 1.53 bits per heavy atom. The zero-order chi connectivity index (χ0) is 10.3. The largest absolute Gasteiger partial charge is 0.463 e. The minimum Gasteiger partial charge on any atom is -0.463 e. The molecule has 2 aromatic heterocycles. The van der Waals surface area contributed by atoms with Gasteiger partial charge in [0.1, 0.15) is 5.69 Å². The van der Waals surface area contributed by atoms with E-state index in [4.69, 9.17) is 4.42 Å². The summed E-state index contributed by atoms with van der Waals surface area (Å²) in [6.07, 6.45) is 4.71. The van der Waals surface area contributed by atoms with Crippen molar-refractivity contribution in [1.82, 2.24) is 10.2 Å². The van der Waals surface area contributed by atoms with Crippen LogP contribution in [0, 0.1) is 0 Å². The third-order valence-corrected chi connectivity index (χ3v) is 2.69. The highest BCUT2D eigenvalue weighted by Gasteiger charge is 2.30. The maximum atomic E-state index is 11.0. The van der Waals surface area contributed by atoms with Crippen LogP contribution in [0.4, 0.5) is 0 Å². The van der Waals surface area contributed by atoms with E-state index in [2.05, 4.69) is 10.2 Å². The van der Waals surface area contributed by atoms with E-state index in [0.717, 1.165) is 24.8 Å². The van der Waals surface area contributed by atoms with Crippen LogP contribution in [0.2, 0.25) is 0 Å². The summed E-state index contributed by atoms with van der Waals surface area (Å²) in [4.78, 5) is 11.0. The van der Waals surface area contributed by atoms with Crippen LogP contribution in [-0.2, 0) is 0 Å².